The van der Waals surface area contributed by atoms with E-state index < -0.39 is 6.04 Å². The molecular formula is C16H20N2O3S. The second kappa shape index (κ2) is 5.50. The third kappa shape index (κ3) is 2.56. The fraction of sp³-hybridized carbons (Fsp3) is 0.500. The predicted molar refractivity (Wildman–Crippen MR) is 85.6 cm³/mol. The summed E-state index contributed by atoms with van der Waals surface area (Å²) in [6.45, 7) is 6.24. The molecule has 2 aliphatic rings. The number of hydrogen-bond donors (Lipinski definition) is 1. The molecule has 2 fully saturated rings. The number of nitrogens with one attached hydrogen (secondary N) is 1. The Hall–Kier alpha value is -1.69. The summed E-state index contributed by atoms with van der Waals surface area (Å²) in [4.78, 5) is 26.1. The van der Waals surface area contributed by atoms with Gasteiger partial charge in [-0.25, -0.2) is 0 Å². The van der Waals surface area contributed by atoms with Crippen molar-refractivity contribution in [2.45, 2.75) is 43.0 Å². The van der Waals surface area contributed by atoms with Crippen molar-refractivity contribution in [3.05, 3.63) is 30.3 Å². The molecule has 0 aliphatic carbocycles. The van der Waals surface area contributed by atoms with E-state index in [2.05, 4.69) is 26.1 Å². The minimum Gasteiger partial charge on any atom is -0.484 e. The van der Waals surface area contributed by atoms with Crippen molar-refractivity contribution >= 4 is 23.6 Å². The van der Waals surface area contributed by atoms with Crippen LogP contribution in [0.3, 0.4) is 0 Å². The number of benzene rings is 1. The summed E-state index contributed by atoms with van der Waals surface area (Å²) in [5.41, 5.74) is 0. The summed E-state index contributed by atoms with van der Waals surface area (Å²) in [7, 11) is 0. The van der Waals surface area contributed by atoms with Crippen LogP contribution in [0.4, 0.5) is 0 Å². The minimum absolute atomic E-state index is 0.00337. The number of hydrogen-bond acceptors (Lipinski definition) is 4. The lowest BCUT2D eigenvalue weighted by molar-refractivity contribution is -0.151. The summed E-state index contributed by atoms with van der Waals surface area (Å²) < 4.78 is 5.42. The Morgan fingerprint density at radius 2 is 2.05 bits per heavy atom. The van der Waals surface area contributed by atoms with E-state index in [0.29, 0.717) is 5.75 Å². The molecule has 2 aliphatic heterocycles. The first-order valence-electron chi connectivity index (χ1n) is 7.37. The van der Waals surface area contributed by atoms with Gasteiger partial charge >= 0.3 is 0 Å². The molecule has 3 rings (SSSR count). The van der Waals surface area contributed by atoms with Crippen LogP contribution in [0.15, 0.2) is 30.3 Å². The highest BCUT2D eigenvalue weighted by molar-refractivity contribution is 8.01. The molecule has 5 nitrogen and oxygen atoms in total. The van der Waals surface area contributed by atoms with Gasteiger partial charge in [-0.05, 0) is 32.9 Å². The second-order valence-corrected chi connectivity index (χ2v) is 7.95. The lowest BCUT2D eigenvalue weighted by atomic mass is 9.97. The maximum atomic E-state index is 12.2. The molecular weight excluding hydrogens is 300 g/mol. The number of amides is 2. The lowest BCUT2D eigenvalue weighted by Gasteiger charge is -2.44. The molecule has 3 atom stereocenters. The lowest BCUT2D eigenvalue weighted by Crippen LogP contribution is -2.69. The topological polar surface area (TPSA) is 58.6 Å². The van der Waals surface area contributed by atoms with Crippen LogP contribution < -0.4 is 10.1 Å². The van der Waals surface area contributed by atoms with Gasteiger partial charge in [0.05, 0.1) is 0 Å². The molecule has 6 heteroatoms. The van der Waals surface area contributed by atoms with E-state index in [4.69, 9.17) is 4.74 Å². The molecule has 2 saturated heterocycles. The number of carbonyl (C=O) groups excluding carboxylic acids is 2. The molecule has 0 saturated carbocycles. The Morgan fingerprint density at radius 1 is 1.36 bits per heavy atom. The first-order valence-corrected chi connectivity index (χ1v) is 8.25. The van der Waals surface area contributed by atoms with Gasteiger partial charge in [-0.1, -0.05) is 18.2 Å². The largest absolute Gasteiger partial charge is 0.484 e. The van der Waals surface area contributed by atoms with Gasteiger partial charge in [0, 0.05) is 10.8 Å². The van der Waals surface area contributed by atoms with Gasteiger partial charge < -0.3 is 15.0 Å². The summed E-state index contributed by atoms with van der Waals surface area (Å²) in [6.07, 6.45) is 0. The fourth-order valence-corrected chi connectivity index (χ4v) is 4.43. The third-order valence-electron chi connectivity index (χ3n) is 4.36. The normalized spacial score (nSPS) is 28.8. The molecule has 22 heavy (non-hydrogen) atoms. The van der Waals surface area contributed by atoms with E-state index in [9.17, 15) is 9.59 Å². The van der Waals surface area contributed by atoms with Crippen molar-refractivity contribution < 1.29 is 14.3 Å². The number of β-lactam (4-membered cyclic amide) rings is 1. The first kappa shape index (κ1) is 15.2. The van der Waals surface area contributed by atoms with Crippen molar-refractivity contribution in [2.24, 2.45) is 0 Å². The number of ether oxygens (including phenoxy) is 1. The number of fused-ring (bicyclic) bond motifs is 1. The highest BCUT2D eigenvalue weighted by atomic mass is 32.2. The van der Waals surface area contributed by atoms with Gasteiger partial charge in [-0.2, -0.15) is 0 Å². The zero-order valence-corrected chi connectivity index (χ0v) is 13.7. The Labute approximate surface area is 134 Å². The minimum atomic E-state index is -0.430. The third-order valence-corrected chi connectivity index (χ3v) is 6.05. The van der Waals surface area contributed by atoms with Crippen LogP contribution in [0.5, 0.6) is 5.75 Å². The van der Waals surface area contributed by atoms with Gasteiger partial charge in [-0.15, -0.1) is 11.8 Å². The summed E-state index contributed by atoms with van der Waals surface area (Å²) >= 11 is 1.74. The van der Waals surface area contributed by atoms with E-state index in [1.807, 2.05) is 23.1 Å². The Morgan fingerprint density at radius 3 is 2.73 bits per heavy atom. The zero-order chi connectivity index (χ0) is 15.9. The molecule has 1 aromatic carbocycles. The van der Waals surface area contributed by atoms with Crippen LogP contribution in [-0.2, 0) is 9.59 Å². The van der Waals surface area contributed by atoms with Crippen LogP contribution in [0.25, 0.3) is 0 Å². The molecule has 1 aromatic rings. The molecule has 0 bridgehead atoms. The number of thioether (sulfide) groups is 1. The van der Waals surface area contributed by atoms with Crippen LogP contribution in [0.1, 0.15) is 20.8 Å². The van der Waals surface area contributed by atoms with Crippen molar-refractivity contribution in [1.29, 1.82) is 0 Å². The highest BCUT2D eigenvalue weighted by Crippen LogP contribution is 2.50. The number of rotatable bonds is 4. The molecule has 118 valence electrons. The standard InChI is InChI=1S/C16H20N2O3S/c1-10-16(2,3)22-15-13(14(20)18(10)15)17-12(19)9-21-11-7-5-4-6-8-11/h4-8,10,13,15H,9H2,1-3H3,(H,17,19). The predicted octanol–water partition coefficient (Wildman–Crippen LogP) is 1.63. The van der Waals surface area contributed by atoms with Gasteiger partial charge in [0.15, 0.2) is 6.61 Å². The number of para-hydroxylation sites is 1. The van der Waals surface area contributed by atoms with Crippen LogP contribution >= 0.6 is 11.8 Å². The fourth-order valence-electron chi connectivity index (χ4n) is 2.78. The van der Waals surface area contributed by atoms with Gasteiger partial charge in [0.1, 0.15) is 17.2 Å². The zero-order valence-electron chi connectivity index (χ0n) is 12.9. The average Bonchev–Trinajstić information content (AvgIpc) is 2.71. The van der Waals surface area contributed by atoms with Crippen molar-refractivity contribution in [1.82, 2.24) is 10.2 Å². The van der Waals surface area contributed by atoms with Crippen molar-refractivity contribution in [3.8, 4) is 5.75 Å². The second-order valence-electron chi connectivity index (χ2n) is 6.18. The molecule has 0 aromatic heterocycles. The molecule has 2 heterocycles. The Kier molecular flexibility index (Phi) is 3.80. The molecule has 0 radical (unpaired) electrons. The quantitative estimate of drug-likeness (QED) is 0.857. The summed E-state index contributed by atoms with van der Waals surface area (Å²) in [6, 6.07) is 8.92. The number of nitrogens with zero attached hydrogens (tertiary/aromatic N) is 1. The van der Waals surface area contributed by atoms with Gasteiger partial charge in [0.2, 0.25) is 5.91 Å². The maximum Gasteiger partial charge on any atom is 0.258 e. The molecule has 3 unspecified atom stereocenters. The smallest absolute Gasteiger partial charge is 0.258 e. The summed E-state index contributed by atoms with van der Waals surface area (Å²) in [5, 5.41) is 2.83. The molecule has 0 spiro atoms. The Balaban J connectivity index is 1.54. The van der Waals surface area contributed by atoms with Gasteiger partial charge in [-0.3, -0.25) is 9.59 Å². The first-order chi connectivity index (χ1) is 10.4. The van der Waals surface area contributed by atoms with Crippen LogP contribution in [0, 0.1) is 0 Å². The van der Waals surface area contributed by atoms with Crippen LogP contribution in [0.2, 0.25) is 0 Å². The SMILES string of the molecule is CC1N2C(=O)C(NC(=O)COc3ccccc3)C2SC1(C)C. The molecule has 1 N–H and O–H groups in total. The van der Waals surface area contributed by atoms with Crippen molar-refractivity contribution in [3.63, 3.8) is 0 Å². The van der Waals surface area contributed by atoms with Crippen LogP contribution in [-0.4, -0.2) is 45.5 Å². The maximum absolute atomic E-state index is 12.2. The van der Waals surface area contributed by atoms with E-state index in [0.717, 1.165) is 0 Å². The number of carbonyl (C=O) groups is 2. The van der Waals surface area contributed by atoms with E-state index in [-0.39, 0.29) is 34.6 Å². The monoisotopic (exact) mass is 320 g/mol. The van der Waals surface area contributed by atoms with Gasteiger partial charge in [0.25, 0.3) is 5.91 Å². The van der Waals surface area contributed by atoms with E-state index in [1.165, 1.54) is 0 Å². The average molecular weight is 320 g/mol. The van der Waals surface area contributed by atoms with Crippen molar-refractivity contribution in [2.75, 3.05) is 6.61 Å². The Bertz CT molecular complexity index is 590. The van der Waals surface area contributed by atoms with E-state index in [1.54, 1.807) is 23.9 Å². The highest BCUT2D eigenvalue weighted by Gasteiger charge is 2.60. The molecule has 2 amide bonds. The van der Waals surface area contributed by atoms with E-state index >= 15 is 0 Å². The summed E-state index contributed by atoms with van der Waals surface area (Å²) in [5.74, 6) is 0.382.